The molecular formula is C6H10N2O3S. The molecule has 0 unspecified atom stereocenters. The van der Waals surface area contributed by atoms with E-state index in [1.54, 1.807) is 0 Å². The standard InChI is InChI=1S/C6H10N2O3S/c7-8-4-2-1-3-5(9)6(8)12(10)11/h1-4,7H2. The van der Waals surface area contributed by atoms with Crippen LogP contribution in [0.2, 0.25) is 0 Å². The first-order valence-corrected chi connectivity index (χ1v) is 4.72. The lowest BCUT2D eigenvalue weighted by Gasteiger charge is -2.10. The Kier molecular flexibility index (Phi) is 2.96. The van der Waals surface area contributed by atoms with Crippen LogP contribution >= 0.6 is 0 Å². The summed E-state index contributed by atoms with van der Waals surface area (Å²) in [5.41, 5.74) is 0. The third-order valence-corrected chi connectivity index (χ3v) is 2.49. The third-order valence-electron chi connectivity index (χ3n) is 1.71. The first kappa shape index (κ1) is 9.37. The van der Waals surface area contributed by atoms with Crippen LogP contribution in [0, 0.1) is 0 Å². The number of hydrogen-bond donors (Lipinski definition) is 1. The predicted molar refractivity (Wildman–Crippen MR) is 43.7 cm³/mol. The molecule has 2 N–H and O–H groups in total. The van der Waals surface area contributed by atoms with Gasteiger partial charge in [-0.15, -0.1) is 0 Å². The molecule has 1 aliphatic heterocycles. The predicted octanol–water partition coefficient (Wildman–Crippen LogP) is -1.08. The van der Waals surface area contributed by atoms with Gasteiger partial charge in [-0.2, -0.15) is 13.4 Å². The lowest BCUT2D eigenvalue weighted by molar-refractivity contribution is -0.113. The molecule has 6 heteroatoms. The highest BCUT2D eigenvalue weighted by molar-refractivity contribution is 7.74. The molecule has 0 aromatic heterocycles. The average Bonchev–Trinajstić information content (AvgIpc) is 2.11. The van der Waals surface area contributed by atoms with Crippen LogP contribution in [-0.2, 0) is 15.1 Å². The number of rotatable bonds is 0. The fraction of sp³-hybridized carbons (Fsp3) is 0.667. The van der Waals surface area contributed by atoms with E-state index in [2.05, 4.69) is 0 Å². The molecule has 0 saturated carbocycles. The molecule has 0 atom stereocenters. The molecular weight excluding hydrogens is 180 g/mol. The Morgan fingerprint density at radius 1 is 1.33 bits per heavy atom. The van der Waals surface area contributed by atoms with Crippen molar-refractivity contribution < 1.29 is 13.2 Å². The molecule has 0 amide bonds. The van der Waals surface area contributed by atoms with E-state index < -0.39 is 10.3 Å². The number of Topliss-reactive ketones (excluding diaryl/α,β-unsaturated/α-hetero) is 1. The monoisotopic (exact) mass is 190 g/mol. The molecule has 68 valence electrons. The van der Waals surface area contributed by atoms with E-state index in [1.807, 2.05) is 0 Å². The Hall–Kier alpha value is -0.720. The van der Waals surface area contributed by atoms with E-state index in [0.717, 1.165) is 11.4 Å². The number of carbonyl (C=O) groups is 1. The highest BCUT2D eigenvalue weighted by atomic mass is 32.2. The Morgan fingerprint density at radius 2 is 2.00 bits per heavy atom. The lowest BCUT2D eigenvalue weighted by Crippen LogP contribution is -2.41. The van der Waals surface area contributed by atoms with Crippen molar-refractivity contribution in [3.63, 3.8) is 0 Å². The van der Waals surface area contributed by atoms with Gasteiger partial charge in [-0.25, -0.2) is 0 Å². The first-order valence-electron chi connectivity index (χ1n) is 3.64. The summed E-state index contributed by atoms with van der Waals surface area (Å²) < 4.78 is 21.1. The van der Waals surface area contributed by atoms with Gasteiger partial charge in [0.15, 0.2) is 10.8 Å². The number of carbonyl (C=O) groups excluding carboxylic acids is 1. The zero-order valence-corrected chi connectivity index (χ0v) is 7.30. The van der Waals surface area contributed by atoms with E-state index in [-0.39, 0.29) is 17.2 Å². The van der Waals surface area contributed by atoms with Gasteiger partial charge in [0.2, 0.25) is 10.3 Å². The Balaban J connectivity index is 3.07. The van der Waals surface area contributed by atoms with Crippen LogP contribution in [0.25, 0.3) is 0 Å². The van der Waals surface area contributed by atoms with Crippen LogP contribution < -0.4 is 5.84 Å². The number of nitrogens with zero attached hydrogens (tertiary/aromatic N) is 1. The minimum atomic E-state index is -2.51. The molecule has 1 fully saturated rings. The van der Waals surface area contributed by atoms with Crippen LogP contribution in [0.1, 0.15) is 19.3 Å². The summed E-state index contributed by atoms with van der Waals surface area (Å²) in [5, 5.41) is 1.01. The smallest absolute Gasteiger partial charge is 0.237 e. The molecule has 5 nitrogen and oxygen atoms in total. The van der Waals surface area contributed by atoms with Crippen LogP contribution in [-0.4, -0.2) is 30.7 Å². The van der Waals surface area contributed by atoms with E-state index >= 15 is 0 Å². The van der Waals surface area contributed by atoms with Crippen molar-refractivity contribution >= 4 is 21.1 Å². The molecule has 1 heterocycles. The second kappa shape index (κ2) is 3.79. The van der Waals surface area contributed by atoms with Gasteiger partial charge in [-0.1, -0.05) is 0 Å². The molecule has 0 aliphatic carbocycles. The van der Waals surface area contributed by atoms with Crippen molar-refractivity contribution in [1.29, 1.82) is 0 Å². The minimum Gasteiger partial charge on any atom is -0.292 e. The third kappa shape index (κ3) is 1.90. The molecule has 0 aromatic carbocycles. The van der Waals surface area contributed by atoms with Gasteiger partial charge in [-0.05, 0) is 12.8 Å². The highest BCUT2D eigenvalue weighted by Crippen LogP contribution is 2.05. The van der Waals surface area contributed by atoms with Gasteiger partial charge in [0.05, 0.1) is 0 Å². The van der Waals surface area contributed by atoms with Crippen molar-refractivity contribution in [2.24, 2.45) is 5.84 Å². The zero-order chi connectivity index (χ0) is 9.14. The van der Waals surface area contributed by atoms with Gasteiger partial charge in [0.25, 0.3) is 0 Å². The van der Waals surface area contributed by atoms with Crippen LogP contribution in [0.15, 0.2) is 0 Å². The molecule has 0 radical (unpaired) electrons. The number of hydrazine groups is 1. The second-order valence-electron chi connectivity index (χ2n) is 2.61. The molecule has 1 rings (SSSR count). The lowest BCUT2D eigenvalue weighted by atomic mass is 10.2. The minimum absolute atomic E-state index is 0.275. The molecule has 0 aromatic rings. The Morgan fingerprint density at radius 3 is 2.58 bits per heavy atom. The normalized spacial score (nSPS) is 20.8. The van der Waals surface area contributed by atoms with Gasteiger partial charge in [-0.3, -0.25) is 10.6 Å². The summed E-state index contributed by atoms with van der Waals surface area (Å²) in [6.07, 6.45) is 1.73. The first-order chi connectivity index (χ1) is 5.63. The van der Waals surface area contributed by atoms with Crippen LogP contribution in [0.3, 0.4) is 0 Å². The molecule has 1 saturated heterocycles. The molecule has 1 aliphatic rings. The highest BCUT2D eigenvalue weighted by Gasteiger charge is 2.21. The van der Waals surface area contributed by atoms with Crippen molar-refractivity contribution in [1.82, 2.24) is 5.01 Å². The van der Waals surface area contributed by atoms with Crippen LogP contribution in [0.4, 0.5) is 0 Å². The van der Waals surface area contributed by atoms with Crippen molar-refractivity contribution in [3.8, 4) is 0 Å². The number of hydrogen-bond acceptors (Lipinski definition) is 4. The fourth-order valence-corrected chi connectivity index (χ4v) is 1.70. The average molecular weight is 190 g/mol. The summed E-state index contributed by atoms with van der Waals surface area (Å²) in [7, 11) is -2.51. The zero-order valence-electron chi connectivity index (χ0n) is 6.49. The molecule has 0 bridgehead atoms. The van der Waals surface area contributed by atoms with Gasteiger partial charge in [0, 0.05) is 13.0 Å². The number of ketones is 1. The summed E-state index contributed by atoms with van der Waals surface area (Å²) in [4.78, 5) is 10.8. The number of nitrogens with two attached hydrogens (primary N) is 1. The van der Waals surface area contributed by atoms with E-state index in [9.17, 15) is 13.2 Å². The summed E-state index contributed by atoms with van der Waals surface area (Å²) in [6, 6.07) is 0. The van der Waals surface area contributed by atoms with Crippen molar-refractivity contribution in [2.45, 2.75) is 19.3 Å². The topological polar surface area (TPSA) is 80.5 Å². The van der Waals surface area contributed by atoms with E-state index in [1.165, 1.54) is 0 Å². The SMILES string of the molecule is NN1CCCCC(=O)C1=S(=O)=O. The molecule has 12 heavy (non-hydrogen) atoms. The summed E-state index contributed by atoms with van der Waals surface area (Å²) in [5.74, 6) is 4.97. The maximum atomic E-state index is 11.1. The summed E-state index contributed by atoms with van der Waals surface area (Å²) >= 11 is 0. The largest absolute Gasteiger partial charge is 0.292 e. The van der Waals surface area contributed by atoms with Crippen molar-refractivity contribution in [3.05, 3.63) is 0 Å². The second-order valence-corrected chi connectivity index (χ2v) is 3.47. The van der Waals surface area contributed by atoms with E-state index in [0.29, 0.717) is 13.0 Å². The quantitative estimate of drug-likeness (QED) is 0.388. The van der Waals surface area contributed by atoms with Crippen LogP contribution in [0.5, 0.6) is 0 Å². The van der Waals surface area contributed by atoms with Crippen molar-refractivity contribution in [2.75, 3.05) is 6.54 Å². The Labute approximate surface area is 71.7 Å². The summed E-state index contributed by atoms with van der Waals surface area (Å²) in [6.45, 7) is 0.426. The Bertz CT molecular complexity index is 312. The van der Waals surface area contributed by atoms with E-state index in [4.69, 9.17) is 5.84 Å². The van der Waals surface area contributed by atoms with Gasteiger partial charge < -0.3 is 0 Å². The van der Waals surface area contributed by atoms with Gasteiger partial charge in [0.1, 0.15) is 0 Å². The van der Waals surface area contributed by atoms with Gasteiger partial charge >= 0.3 is 0 Å². The molecule has 0 spiro atoms. The maximum absolute atomic E-state index is 11.1. The maximum Gasteiger partial charge on any atom is 0.237 e. The fourth-order valence-electron chi connectivity index (χ4n) is 1.13.